The Balaban J connectivity index is 3.46. The van der Waals surface area contributed by atoms with Crippen molar-refractivity contribution in [3.63, 3.8) is 0 Å². The number of ether oxygens (including phenoxy) is 1. The van der Waals surface area contributed by atoms with Gasteiger partial charge in [-0.3, -0.25) is 4.57 Å². The van der Waals surface area contributed by atoms with Crippen LogP contribution in [0.25, 0.3) is 0 Å². The lowest BCUT2D eigenvalue weighted by Gasteiger charge is -2.29. The zero-order chi connectivity index (χ0) is 21.7. The van der Waals surface area contributed by atoms with Crippen molar-refractivity contribution in [2.24, 2.45) is 0 Å². The lowest BCUT2D eigenvalue weighted by Crippen LogP contribution is -2.25. The summed E-state index contributed by atoms with van der Waals surface area (Å²) in [5, 5.41) is 12.8. The Morgan fingerprint density at radius 1 is 1.17 bits per heavy atom. The second-order valence-electron chi connectivity index (χ2n) is 5.90. The Kier molecular flexibility index (Phi) is 11.7. The van der Waals surface area contributed by atoms with Crippen LogP contribution in [0.2, 0.25) is 0 Å². The molecule has 0 bridgehead atoms. The molecule has 7 nitrogen and oxygen atoms in total. The molecule has 1 aromatic rings. The number of carbonyl (C=O) groups excluding carboxylic acids is 1. The van der Waals surface area contributed by atoms with E-state index in [2.05, 4.69) is 5.32 Å². The van der Waals surface area contributed by atoms with Crippen LogP contribution < -0.4 is 5.32 Å². The molecule has 29 heavy (non-hydrogen) atoms. The van der Waals surface area contributed by atoms with E-state index in [0.29, 0.717) is 18.4 Å². The minimum Gasteiger partial charge on any atom is -0.462 e. The summed E-state index contributed by atoms with van der Waals surface area (Å²) in [7, 11) is -3.67. The van der Waals surface area contributed by atoms with Crippen molar-refractivity contribution in [1.82, 2.24) is 5.32 Å². The normalized spacial score (nSPS) is 13.2. The van der Waals surface area contributed by atoms with E-state index in [4.69, 9.17) is 13.8 Å². The molecule has 0 amide bonds. The van der Waals surface area contributed by atoms with Gasteiger partial charge in [-0.2, -0.15) is 5.26 Å². The van der Waals surface area contributed by atoms with E-state index in [1.807, 2.05) is 38.1 Å². The fraction of sp³-hybridized carbons (Fsp3) is 0.500. The molecular formula is C20H29N2O5PS. The highest BCUT2D eigenvalue weighted by atomic mass is 32.2. The van der Waals surface area contributed by atoms with Crippen LogP contribution in [-0.2, 0) is 23.1 Å². The summed E-state index contributed by atoms with van der Waals surface area (Å²) in [4.78, 5) is 12.2. The molecule has 9 heteroatoms. The third-order valence-corrected chi connectivity index (χ3v) is 6.55. The summed E-state index contributed by atoms with van der Waals surface area (Å²) in [5.74, 6) is -1.63. The number of nitrogens with one attached hydrogen (secondary N) is 1. The number of hydrogen-bond donors (Lipinski definition) is 1. The van der Waals surface area contributed by atoms with E-state index in [9.17, 15) is 14.6 Å². The molecule has 0 saturated heterocycles. The summed E-state index contributed by atoms with van der Waals surface area (Å²) in [6.07, 6.45) is 3.04. The molecule has 0 aromatic heterocycles. The molecule has 160 valence electrons. The van der Waals surface area contributed by atoms with Gasteiger partial charge in [-0.15, -0.1) is 11.8 Å². The van der Waals surface area contributed by atoms with Crippen LogP contribution in [0, 0.1) is 11.3 Å². The highest BCUT2D eigenvalue weighted by Crippen LogP contribution is 2.60. The fourth-order valence-electron chi connectivity index (χ4n) is 2.35. The first-order chi connectivity index (χ1) is 14.0. The van der Waals surface area contributed by atoms with E-state index >= 15 is 0 Å². The highest BCUT2D eigenvalue weighted by Gasteiger charge is 2.38. The maximum atomic E-state index is 13.8. The molecule has 0 heterocycles. The fourth-order valence-corrected chi connectivity index (χ4v) is 5.08. The van der Waals surface area contributed by atoms with Gasteiger partial charge in [0.25, 0.3) is 0 Å². The number of hydrogen-bond acceptors (Lipinski definition) is 8. The number of rotatable bonds is 13. The van der Waals surface area contributed by atoms with Crippen LogP contribution in [0.4, 0.5) is 0 Å². The molecule has 0 aliphatic carbocycles. The quantitative estimate of drug-likeness (QED) is 0.198. The van der Waals surface area contributed by atoms with Crippen LogP contribution in [0.15, 0.2) is 40.9 Å². The van der Waals surface area contributed by atoms with E-state index in [1.165, 1.54) is 0 Å². The average molecular weight is 441 g/mol. The second kappa shape index (κ2) is 13.4. The van der Waals surface area contributed by atoms with Gasteiger partial charge in [0.05, 0.1) is 24.8 Å². The van der Waals surface area contributed by atoms with Crippen molar-refractivity contribution in [3.05, 3.63) is 46.5 Å². The second-order valence-corrected chi connectivity index (χ2v) is 8.83. The largest absolute Gasteiger partial charge is 0.462 e. The first kappa shape index (κ1) is 25.3. The van der Waals surface area contributed by atoms with Gasteiger partial charge in [-0.25, -0.2) is 4.79 Å². The van der Waals surface area contributed by atoms with Crippen LogP contribution in [0.3, 0.4) is 0 Å². The first-order valence-corrected chi connectivity index (χ1v) is 12.4. The molecule has 1 unspecified atom stereocenters. The predicted molar refractivity (Wildman–Crippen MR) is 115 cm³/mol. The summed E-state index contributed by atoms with van der Waals surface area (Å²) in [6, 6.07) is 10.9. The number of esters is 1. The van der Waals surface area contributed by atoms with Gasteiger partial charge in [0.2, 0.25) is 0 Å². The van der Waals surface area contributed by atoms with Crippen LogP contribution in [0.1, 0.15) is 45.0 Å². The Bertz CT molecular complexity index is 752. The van der Waals surface area contributed by atoms with Crippen molar-refractivity contribution in [2.45, 2.75) is 39.4 Å². The van der Waals surface area contributed by atoms with Crippen molar-refractivity contribution in [3.8, 4) is 6.07 Å². The van der Waals surface area contributed by atoms with Gasteiger partial charge in [-0.05, 0) is 31.6 Å². The Labute approximate surface area is 177 Å². The van der Waals surface area contributed by atoms with Gasteiger partial charge in [0, 0.05) is 0 Å². The smallest absolute Gasteiger partial charge is 0.357 e. The molecule has 1 rings (SSSR count). The highest BCUT2D eigenvalue weighted by molar-refractivity contribution is 8.02. The third kappa shape index (κ3) is 7.52. The Morgan fingerprint density at radius 3 is 2.21 bits per heavy atom. The molecule has 0 aliphatic heterocycles. The van der Waals surface area contributed by atoms with Crippen molar-refractivity contribution < 1.29 is 23.1 Å². The monoisotopic (exact) mass is 440 g/mol. The summed E-state index contributed by atoms with van der Waals surface area (Å²) >= 11 is 1.16. The molecule has 0 radical (unpaired) electrons. The van der Waals surface area contributed by atoms with Crippen LogP contribution in [0.5, 0.6) is 0 Å². The molecule has 0 saturated carbocycles. The van der Waals surface area contributed by atoms with Crippen molar-refractivity contribution in [1.29, 1.82) is 5.26 Å². The van der Waals surface area contributed by atoms with Crippen molar-refractivity contribution >= 4 is 25.3 Å². The molecule has 1 aromatic carbocycles. The molecule has 1 N–H and O–H groups in total. The van der Waals surface area contributed by atoms with E-state index in [0.717, 1.165) is 11.8 Å². The molecule has 0 aliphatic rings. The van der Waals surface area contributed by atoms with Crippen LogP contribution in [-0.4, -0.2) is 32.0 Å². The maximum absolute atomic E-state index is 13.8. The number of thioether (sulfide) groups is 1. The first-order valence-electron chi connectivity index (χ1n) is 9.53. The summed E-state index contributed by atoms with van der Waals surface area (Å²) < 4.78 is 30.1. The Morgan fingerprint density at radius 2 is 1.76 bits per heavy atom. The molecular weight excluding hydrogens is 411 g/mol. The lowest BCUT2D eigenvalue weighted by atomic mass is 10.2. The molecule has 0 spiro atoms. The average Bonchev–Trinajstić information content (AvgIpc) is 2.74. The van der Waals surface area contributed by atoms with Crippen LogP contribution >= 0.6 is 19.4 Å². The van der Waals surface area contributed by atoms with Gasteiger partial charge in [0.15, 0.2) is 11.4 Å². The van der Waals surface area contributed by atoms with E-state index < -0.39 is 19.3 Å². The SMILES string of the molecule is CCCOP(=O)(OCCC)C(N/C(SC)=C(/C#N)C(=O)OCC)c1ccccc1. The number of nitrogens with zero attached hydrogens (tertiary/aromatic N) is 1. The number of benzene rings is 1. The van der Waals surface area contributed by atoms with Crippen molar-refractivity contribution in [2.75, 3.05) is 26.1 Å². The number of nitriles is 1. The minimum absolute atomic E-state index is 0.144. The lowest BCUT2D eigenvalue weighted by molar-refractivity contribution is -0.138. The third-order valence-electron chi connectivity index (χ3n) is 3.67. The Hall–Kier alpha value is -1.78. The topological polar surface area (TPSA) is 97.6 Å². The standard InChI is InChI=1S/C20H29N2O5PS/c1-5-13-26-28(24,27-14-6-2)18(16-11-9-8-10-12-16)22-19(29-4)17(15-21)20(23)25-7-3/h8-12,18,22H,5-7,13-14H2,1-4H3/b19-17+. The zero-order valence-electron chi connectivity index (χ0n) is 17.3. The zero-order valence-corrected chi connectivity index (χ0v) is 19.1. The summed E-state index contributed by atoms with van der Waals surface area (Å²) in [6.45, 7) is 6.15. The molecule has 1 atom stereocenters. The van der Waals surface area contributed by atoms with E-state index in [-0.39, 0.29) is 30.4 Å². The van der Waals surface area contributed by atoms with Gasteiger partial charge < -0.3 is 19.1 Å². The minimum atomic E-state index is -3.67. The van der Waals surface area contributed by atoms with Gasteiger partial charge >= 0.3 is 13.6 Å². The van der Waals surface area contributed by atoms with Gasteiger partial charge in [-0.1, -0.05) is 44.2 Å². The van der Waals surface area contributed by atoms with Gasteiger partial charge in [0.1, 0.15) is 6.07 Å². The number of carbonyl (C=O) groups is 1. The maximum Gasteiger partial charge on any atom is 0.357 e. The predicted octanol–water partition coefficient (Wildman–Crippen LogP) is 4.98. The molecule has 0 fully saturated rings. The van der Waals surface area contributed by atoms with E-state index in [1.54, 1.807) is 25.3 Å². The summed E-state index contributed by atoms with van der Waals surface area (Å²) in [5.41, 5.74) is 0.480.